The van der Waals surface area contributed by atoms with Gasteiger partial charge in [-0.3, -0.25) is 9.98 Å². The molecule has 0 amide bonds. The number of rotatable bonds is 2. The SMILES string of the molecule is CC1CN=C(NCc2cccnc2)S1. The van der Waals surface area contributed by atoms with Crippen molar-refractivity contribution in [2.24, 2.45) is 4.99 Å². The number of hydrogen-bond acceptors (Lipinski definition) is 4. The largest absolute Gasteiger partial charge is 0.361 e. The molecule has 0 bridgehead atoms. The van der Waals surface area contributed by atoms with Gasteiger partial charge in [-0.2, -0.15) is 0 Å². The number of nitrogens with zero attached hydrogens (tertiary/aromatic N) is 2. The molecule has 0 saturated heterocycles. The van der Waals surface area contributed by atoms with Crippen molar-refractivity contribution >= 4 is 16.9 Å². The van der Waals surface area contributed by atoms with Gasteiger partial charge in [0.1, 0.15) is 0 Å². The average molecular weight is 207 g/mol. The lowest BCUT2D eigenvalue weighted by molar-refractivity contribution is 0.906. The van der Waals surface area contributed by atoms with Gasteiger partial charge in [-0.25, -0.2) is 0 Å². The summed E-state index contributed by atoms with van der Waals surface area (Å²) in [6.45, 7) is 3.93. The number of nitrogens with one attached hydrogen (secondary N) is 1. The molecule has 1 atom stereocenters. The van der Waals surface area contributed by atoms with Gasteiger partial charge in [-0.05, 0) is 11.6 Å². The van der Waals surface area contributed by atoms with Crippen LogP contribution in [0.1, 0.15) is 12.5 Å². The minimum absolute atomic E-state index is 0.617. The van der Waals surface area contributed by atoms with Crippen LogP contribution in [0.2, 0.25) is 0 Å². The van der Waals surface area contributed by atoms with E-state index in [0.29, 0.717) is 5.25 Å². The van der Waals surface area contributed by atoms with Crippen molar-refractivity contribution in [2.45, 2.75) is 18.7 Å². The maximum atomic E-state index is 4.38. The van der Waals surface area contributed by atoms with Gasteiger partial charge in [0.2, 0.25) is 0 Å². The number of aromatic nitrogens is 1. The quantitative estimate of drug-likeness (QED) is 0.801. The molecular formula is C10H13N3S. The van der Waals surface area contributed by atoms with Gasteiger partial charge in [0.15, 0.2) is 5.17 Å². The minimum atomic E-state index is 0.617. The first-order valence-electron chi connectivity index (χ1n) is 4.68. The molecule has 1 unspecified atom stereocenters. The monoisotopic (exact) mass is 207 g/mol. The van der Waals surface area contributed by atoms with Gasteiger partial charge in [0, 0.05) is 24.2 Å². The number of pyridine rings is 1. The van der Waals surface area contributed by atoms with E-state index in [9.17, 15) is 0 Å². The molecule has 1 aliphatic heterocycles. The van der Waals surface area contributed by atoms with Gasteiger partial charge in [0.25, 0.3) is 0 Å². The Morgan fingerprint density at radius 1 is 1.64 bits per heavy atom. The number of hydrogen-bond donors (Lipinski definition) is 1. The van der Waals surface area contributed by atoms with Gasteiger partial charge in [0.05, 0.1) is 6.54 Å². The van der Waals surface area contributed by atoms with Crippen molar-refractivity contribution in [3.05, 3.63) is 30.1 Å². The maximum absolute atomic E-state index is 4.38. The summed E-state index contributed by atoms with van der Waals surface area (Å²) in [7, 11) is 0. The maximum Gasteiger partial charge on any atom is 0.157 e. The molecule has 0 aromatic carbocycles. The summed E-state index contributed by atoms with van der Waals surface area (Å²) < 4.78 is 0. The van der Waals surface area contributed by atoms with Crippen molar-refractivity contribution in [2.75, 3.05) is 6.54 Å². The minimum Gasteiger partial charge on any atom is -0.361 e. The van der Waals surface area contributed by atoms with Gasteiger partial charge in [-0.15, -0.1) is 0 Å². The van der Waals surface area contributed by atoms with Crippen LogP contribution in [0.15, 0.2) is 29.5 Å². The summed E-state index contributed by atoms with van der Waals surface area (Å²) in [6, 6.07) is 4.01. The van der Waals surface area contributed by atoms with Crippen molar-refractivity contribution in [3.8, 4) is 0 Å². The molecule has 0 spiro atoms. The highest BCUT2D eigenvalue weighted by Gasteiger charge is 2.13. The standard InChI is InChI=1S/C10H13N3S/c1-8-5-12-10(14-8)13-7-9-3-2-4-11-6-9/h2-4,6,8H,5,7H2,1H3,(H,12,13). The molecule has 1 aromatic heterocycles. The Hall–Kier alpha value is -1.03. The summed E-state index contributed by atoms with van der Waals surface area (Å²) in [5.74, 6) is 0. The van der Waals surface area contributed by atoms with Crippen LogP contribution >= 0.6 is 11.8 Å². The highest BCUT2D eigenvalue weighted by molar-refractivity contribution is 8.14. The Morgan fingerprint density at radius 3 is 3.21 bits per heavy atom. The number of thioether (sulfide) groups is 1. The van der Waals surface area contributed by atoms with Crippen LogP contribution in [-0.4, -0.2) is 21.9 Å². The fourth-order valence-electron chi connectivity index (χ4n) is 1.25. The average Bonchev–Trinajstić information content (AvgIpc) is 2.63. The molecule has 2 rings (SSSR count). The summed E-state index contributed by atoms with van der Waals surface area (Å²) in [5.41, 5.74) is 1.19. The molecule has 3 nitrogen and oxygen atoms in total. The molecule has 1 aliphatic rings. The number of aliphatic imine (C=N–C) groups is 1. The summed E-state index contributed by atoms with van der Waals surface area (Å²) in [6.07, 6.45) is 3.66. The molecule has 1 aromatic rings. The second-order valence-electron chi connectivity index (χ2n) is 3.29. The lowest BCUT2D eigenvalue weighted by atomic mass is 10.3. The van der Waals surface area contributed by atoms with E-state index >= 15 is 0 Å². The Labute approximate surface area is 88.0 Å². The normalized spacial score (nSPS) is 20.6. The summed E-state index contributed by atoms with van der Waals surface area (Å²) in [5, 5.41) is 4.98. The van der Waals surface area contributed by atoms with E-state index in [2.05, 4.69) is 28.3 Å². The Bertz CT molecular complexity index is 323. The molecule has 14 heavy (non-hydrogen) atoms. The van der Waals surface area contributed by atoms with Gasteiger partial charge < -0.3 is 5.32 Å². The molecule has 0 aliphatic carbocycles. The van der Waals surface area contributed by atoms with Crippen LogP contribution in [0.4, 0.5) is 0 Å². The van der Waals surface area contributed by atoms with Crippen molar-refractivity contribution < 1.29 is 0 Å². The molecule has 0 fully saturated rings. The van der Waals surface area contributed by atoms with E-state index in [1.807, 2.05) is 12.3 Å². The Balaban J connectivity index is 1.84. The van der Waals surface area contributed by atoms with E-state index in [-0.39, 0.29) is 0 Å². The molecular weight excluding hydrogens is 194 g/mol. The van der Waals surface area contributed by atoms with Gasteiger partial charge >= 0.3 is 0 Å². The summed E-state index contributed by atoms with van der Waals surface area (Å²) in [4.78, 5) is 8.44. The first kappa shape index (κ1) is 9.52. The molecule has 0 saturated carbocycles. The lowest BCUT2D eigenvalue weighted by Crippen LogP contribution is -2.18. The van der Waals surface area contributed by atoms with E-state index in [0.717, 1.165) is 18.3 Å². The zero-order valence-corrected chi connectivity index (χ0v) is 8.92. The topological polar surface area (TPSA) is 37.3 Å². The van der Waals surface area contributed by atoms with Crippen LogP contribution in [0, 0.1) is 0 Å². The second kappa shape index (κ2) is 4.46. The Morgan fingerprint density at radius 2 is 2.57 bits per heavy atom. The zero-order valence-electron chi connectivity index (χ0n) is 8.10. The van der Waals surface area contributed by atoms with E-state index in [1.54, 1.807) is 18.0 Å². The van der Waals surface area contributed by atoms with Crippen LogP contribution in [-0.2, 0) is 6.54 Å². The third-order valence-electron chi connectivity index (χ3n) is 1.97. The first-order valence-corrected chi connectivity index (χ1v) is 5.56. The lowest BCUT2D eigenvalue weighted by Gasteiger charge is -2.05. The number of amidine groups is 1. The molecule has 74 valence electrons. The summed E-state index contributed by atoms with van der Waals surface area (Å²) >= 11 is 1.80. The van der Waals surface area contributed by atoms with Crippen molar-refractivity contribution in [3.63, 3.8) is 0 Å². The van der Waals surface area contributed by atoms with Crippen LogP contribution in [0.25, 0.3) is 0 Å². The molecule has 4 heteroatoms. The Kier molecular flexibility index (Phi) is 3.03. The van der Waals surface area contributed by atoms with E-state index in [1.165, 1.54) is 5.56 Å². The molecule has 1 N–H and O–H groups in total. The van der Waals surface area contributed by atoms with Crippen LogP contribution < -0.4 is 5.32 Å². The molecule has 2 heterocycles. The third kappa shape index (κ3) is 2.48. The van der Waals surface area contributed by atoms with Crippen molar-refractivity contribution in [1.29, 1.82) is 0 Å². The predicted molar refractivity (Wildman–Crippen MR) is 60.4 cm³/mol. The third-order valence-corrected chi connectivity index (χ3v) is 3.02. The smallest absolute Gasteiger partial charge is 0.157 e. The van der Waals surface area contributed by atoms with Crippen molar-refractivity contribution in [1.82, 2.24) is 10.3 Å². The highest BCUT2D eigenvalue weighted by Crippen LogP contribution is 2.18. The van der Waals surface area contributed by atoms with Crippen LogP contribution in [0.5, 0.6) is 0 Å². The zero-order chi connectivity index (χ0) is 9.80. The fraction of sp³-hybridized carbons (Fsp3) is 0.400. The van der Waals surface area contributed by atoms with E-state index < -0.39 is 0 Å². The second-order valence-corrected chi connectivity index (χ2v) is 4.72. The van der Waals surface area contributed by atoms with Gasteiger partial charge in [-0.1, -0.05) is 24.8 Å². The first-order chi connectivity index (χ1) is 6.84. The predicted octanol–water partition coefficient (Wildman–Crippen LogP) is 1.66. The fourth-order valence-corrected chi connectivity index (χ4v) is 2.09. The van der Waals surface area contributed by atoms with E-state index in [4.69, 9.17) is 0 Å². The highest BCUT2D eigenvalue weighted by atomic mass is 32.2. The van der Waals surface area contributed by atoms with Crippen LogP contribution in [0.3, 0.4) is 0 Å². The molecule has 0 radical (unpaired) electrons.